The Labute approximate surface area is 135 Å². The third-order valence-electron chi connectivity index (χ3n) is 4.80. The van der Waals surface area contributed by atoms with E-state index in [1.807, 2.05) is 38.1 Å². The Morgan fingerprint density at radius 1 is 0.783 bits per heavy atom. The molecule has 23 heavy (non-hydrogen) atoms. The highest BCUT2D eigenvalue weighted by Gasteiger charge is 2.41. The molecule has 0 radical (unpaired) electrons. The highest BCUT2D eigenvalue weighted by molar-refractivity contribution is 5.85. The summed E-state index contributed by atoms with van der Waals surface area (Å²) < 4.78 is 0. The average Bonchev–Trinajstić information content (AvgIpc) is 2.55. The molecule has 1 aliphatic heterocycles. The number of aromatic hydroxyl groups is 2. The van der Waals surface area contributed by atoms with Crippen molar-refractivity contribution in [2.75, 3.05) is 0 Å². The summed E-state index contributed by atoms with van der Waals surface area (Å²) >= 11 is 0. The van der Waals surface area contributed by atoms with Crippen molar-refractivity contribution in [3.05, 3.63) is 59.7 Å². The Morgan fingerprint density at radius 3 is 1.57 bits per heavy atom. The van der Waals surface area contributed by atoms with Crippen LogP contribution in [0.2, 0.25) is 0 Å². The molecule has 0 spiro atoms. The number of carbonyl (C=O) groups excluding carboxylic acids is 1. The fourth-order valence-corrected chi connectivity index (χ4v) is 3.44. The summed E-state index contributed by atoms with van der Waals surface area (Å²) in [5.74, 6) is -0.0171. The van der Waals surface area contributed by atoms with Crippen LogP contribution in [-0.4, -0.2) is 16.0 Å². The quantitative estimate of drug-likeness (QED) is 0.796. The van der Waals surface area contributed by atoms with Gasteiger partial charge < -0.3 is 15.5 Å². The smallest absolute Gasteiger partial charge is 0.142 e. The third-order valence-corrected chi connectivity index (χ3v) is 4.80. The van der Waals surface area contributed by atoms with Crippen LogP contribution in [0.4, 0.5) is 0 Å². The van der Waals surface area contributed by atoms with Crippen molar-refractivity contribution in [1.29, 1.82) is 0 Å². The number of carbonyl (C=O) groups is 1. The first-order valence-electron chi connectivity index (χ1n) is 7.86. The number of hydrogen-bond acceptors (Lipinski definition) is 4. The van der Waals surface area contributed by atoms with Gasteiger partial charge in [0.2, 0.25) is 0 Å². The molecule has 4 nitrogen and oxygen atoms in total. The zero-order chi connectivity index (χ0) is 16.6. The van der Waals surface area contributed by atoms with Gasteiger partial charge in [-0.1, -0.05) is 50.2 Å². The largest absolute Gasteiger partial charge is 0.508 e. The van der Waals surface area contributed by atoms with Crippen molar-refractivity contribution in [2.24, 2.45) is 11.8 Å². The second-order valence-electron chi connectivity index (χ2n) is 6.22. The minimum absolute atomic E-state index is 0.130. The summed E-state index contributed by atoms with van der Waals surface area (Å²) in [6.45, 7) is 3.76. The molecule has 0 amide bonds. The van der Waals surface area contributed by atoms with Gasteiger partial charge in [0.25, 0.3) is 0 Å². The standard InChI is InChI=1S/C19H21NO3/c1-11-17(13-7-3-5-9-15(13)21)20-18(12(2)19(11)23)14-8-4-6-10-16(14)22/h3-12,17-18,20-22H,1-2H3/t11-,12+,17-,18+. The van der Waals surface area contributed by atoms with Crippen molar-refractivity contribution in [3.8, 4) is 11.5 Å². The highest BCUT2D eigenvalue weighted by Crippen LogP contribution is 2.42. The molecule has 2 aromatic carbocycles. The highest BCUT2D eigenvalue weighted by atomic mass is 16.3. The summed E-state index contributed by atoms with van der Waals surface area (Å²) in [5, 5.41) is 23.7. The van der Waals surface area contributed by atoms with Crippen LogP contribution in [-0.2, 0) is 4.79 Å². The predicted octanol–water partition coefficient (Wildman–Crippen LogP) is 3.32. The number of phenolic OH excluding ortho intramolecular Hbond substituents is 2. The Kier molecular flexibility index (Phi) is 4.09. The summed E-state index contributed by atoms with van der Waals surface area (Å²) in [4.78, 5) is 12.7. The number of rotatable bonds is 2. The molecule has 0 bridgehead atoms. The number of piperidine rings is 1. The van der Waals surface area contributed by atoms with Crippen molar-refractivity contribution < 1.29 is 15.0 Å². The van der Waals surface area contributed by atoms with E-state index >= 15 is 0 Å². The lowest BCUT2D eigenvalue weighted by molar-refractivity contribution is -0.130. The molecule has 120 valence electrons. The molecular formula is C19H21NO3. The normalized spacial score (nSPS) is 27.8. The molecule has 1 saturated heterocycles. The Hall–Kier alpha value is -2.33. The van der Waals surface area contributed by atoms with Crippen LogP contribution in [0.5, 0.6) is 11.5 Å². The summed E-state index contributed by atoms with van der Waals surface area (Å²) in [7, 11) is 0. The molecule has 1 aliphatic rings. The lowest BCUT2D eigenvalue weighted by atomic mass is 9.76. The maximum absolute atomic E-state index is 12.7. The fraction of sp³-hybridized carbons (Fsp3) is 0.316. The molecule has 3 rings (SSSR count). The molecule has 0 unspecified atom stereocenters. The van der Waals surface area contributed by atoms with Crippen LogP contribution < -0.4 is 5.32 Å². The van der Waals surface area contributed by atoms with Crippen molar-refractivity contribution >= 4 is 5.78 Å². The molecule has 0 aliphatic carbocycles. The molecule has 2 aromatic rings. The van der Waals surface area contributed by atoms with Crippen molar-refractivity contribution in [1.82, 2.24) is 5.32 Å². The van der Waals surface area contributed by atoms with Gasteiger partial charge in [0.05, 0.1) is 0 Å². The first-order valence-corrected chi connectivity index (χ1v) is 7.86. The second-order valence-corrected chi connectivity index (χ2v) is 6.22. The molecule has 3 N–H and O–H groups in total. The number of nitrogens with one attached hydrogen (secondary N) is 1. The Balaban J connectivity index is 2.02. The monoisotopic (exact) mass is 311 g/mol. The SMILES string of the molecule is C[C@@H]1C(=O)[C@H](C)[C@H](c2ccccc2O)N[C@@H]1c1ccccc1O. The van der Waals surface area contributed by atoms with E-state index in [2.05, 4.69) is 5.32 Å². The lowest BCUT2D eigenvalue weighted by Gasteiger charge is -2.39. The fourth-order valence-electron chi connectivity index (χ4n) is 3.44. The van der Waals surface area contributed by atoms with Gasteiger partial charge in [0, 0.05) is 35.0 Å². The van der Waals surface area contributed by atoms with E-state index in [0.717, 1.165) is 0 Å². The number of benzene rings is 2. The van der Waals surface area contributed by atoms with E-state index in [-0.39, 0.29) is 41.2 Å². The van der Waals surface area contributed by atoms with Gasteiger partial charge >= 0.3 is 0 Å². The zero-order valence-corrected chi connectivity index (χ0v) is 13.2. The zero-order valence-electron chi connectivity index (χ0n) is 13.2. The van der Waals surface area contributed by atoms with Gasteiger partial charge in [-0.25, -0.2) is 0 Å². The number of para-hydroxylation sites is 2. The van der Waals surface area contributed by atoms with Crippen LogP contribution in [0, 0.1) is 11.8 Å². The van der Waals surface area contributed by atoms with Crippen LogP contribution in [0.1, 0.15) is 37.1 Å². The van der Waals surface area contributed by atoms with Crippen LogP contribution in [0.25, 0.3) is 0 Å². The summed E-state index contributed by atoms with van der Waals surface area (Å²) in [6.07, 6.45) is 0. The van der Waals surface area contributed by atoms with Crippen LogP contribution in [0.15, 0.2) is 48.5 Å². The summed E-state index contributed by atoms with van der Waals surface area (Å²) in [6, 6.07) is 13.6. The molecule has 1 heterocycles. The van der Waals surface area contributed by atoms with E-state index in [0.29, 0.717) is 11.1 Å². The maximum atomic E-state index is 12.7. The van der Waals surface area contributed by atoms with E-state index in [9.17, 15) is 15.0 Å². The second kappa shape index (κ2) is 6.05. The van der Waals surface area contributed by atoms with Crippen LogP contribution in [0.3, 0.4) is 0 Å². The third kappa shape index (κ3) is 2.70. The predicted molar refractivity (Wildman–Crippen MR) is 88.2 cm³/mol. The van der Waals surface area contributed by atoms with E-state index < -0.39 is 0 Å². The molecule has 0 aromatic heterocycles. The van der Waals surface area contributed by atoms with Gasteiger partial charge in [-0.2, -0.15) is 0 Å². The van der Waals surface area contributed by atoms with Crippen LogP contribution >= 0.6 is 0 Å². The molecule has 4 heteroatoms. The topological polar surface area (TPSA) is 69.6 Å². The average molecular weight is 311 g/mol. The summed E-state index contributed by atoms with van der Waals surface area (Å²) in [5.41, 5.74) is 1.42. The van der Waals surface area contributed by atoms with Gasteiger partial charge in [-0.05, 0) is 12.1 Å². The lowest BCUT2D eigenvalue weighted by Crippen LogP contribution is -2.46. The van der Waals surface area contributed by atoms with Gasteiger partial charge in [0.1, 0.15) is 17.3 Å². The minimum Gasteiger partial charge on any atom is -0.508 e. The maximum Gasteiger partial charge on any atom is 0.142 e. The number of Topliss-reactive ketones (excluding diaryl/α,β-unsaturated/α-hetero) is 1. The van der Waals surface area contributed by atoms with E-state index in [1.54, 1.807) is 24.3 Å². The first-order chi connectivity index (χ1) is 11.0. The van der Waals surface area contributed by atoms with Gasteiger partial charge in [-0.3, -0.25) is 4.79 Å². The molecular weight excluding hydrogens is 290 g/mol. The number of phenols is 2. The van der Waals surface area contributed by atoms with Gasteiger partial charge in [-0.15, -0.1) is 0 Å². The first kappa shape index (κ1) is 15.6. The minimum atomic E-state index is -0.287. The number of hydrogen-bond donors (Lipinski definition) is 3. The number of ketones is 1. The molecule has 0 saturated carbocycles. The van der Waals surface area contributed by atoms with Crippen molar-refractivity contribution in [2.45, 2.75) is 25.9 Å². The Morgan fingerprint density at radius 2 is 1.17 bits per heavy atom. The van der Waals surface area contributed by atoms with Crippen molar-refractivity contribution in [3.63, 3.8) is 0 Å². The van der Waals surface area contributed by atoms with Gasteiger partial charge in [0.15, 0.2) is 0 Å². The van der Waals surface area contributed by atoms with E-state index in [4.69, 9.17) is 0 Å². The van der Waals surface area contributed by atoms with E-state index in [1.165, 1.54) is 0 Å². The molecule has 1 fully saturated rings. The molecule has 4 atom stereocenters. The Bertz CT molecular complexity index is 669.